The SMILES string of the molecule is Cc1cc(C#N)ccc1C(=O)Nc1cc(C(=O)Nc2c(Br)cc(C(F)(C(F)(F)F)C(F)(F)Br)cc2OC(F)F)ccc1C#N. The van der Waals surface area contributed by atoms with Gasteiger partial charge in [-0.3, -0.25) is 9.59 Å². The number of amides is 2. The van der Waals surface area contributed by atoms with E-state index in [1.165, 1.54) is 34.1 Å². The number of anilines is 2. The molecule has 0 aliphatic carbocycles. The fourth-order valence-corrected chi connectivity index (χ4v) is 4.82. The van der Waals surface area contributed by atoms with Gasteiger partial charge in [0.15, 0.2) is 5.75 Å². The smallest absolute Gasteiger partial charge is 0.433 e. The van der Waals surface area contributed by atoms with Crippen molar-refractivity contribution in [2.75, 3.05) is 10.6 Å². The maximum atomic E-state index is 15.0. The zero-order valence-corrected chi connectivity index (χ0v) is 24.8. The third-order valence-electron chi connectivity index (χ3n) is 5.94. The number of rotatable bonds is 8. The van der Waals surface area contributed by atoms with Crippen molar-refractivity contribution in [2.45, 2.75) is 30.2 Å². The zero-order chi connectivity index (χ0) is 33.2. The topological polar surface area (TPSA) is 115 Å². The van der Waals surface area contributed by atoms with Gasteiger partial charge in [0.05, 0.1) is 28.6 Å². The van der Waals surface area contributed by atoms with Gasteiger partial charge in [0.1, 0.15) is 6.07 Å². The number of hydrogen-bond donors (Lipinski definition) is 2. The number of hydrogen-bond acceptors (Lipinski definition) is 5. The third-order valence-corrected chi connectivity index (χ3v) is 7.11. The molecule has 0 saturated carbocycles. The minimum Gasteiger partial charge on any atom is -0.433 e. The van der Waals surface area contributed by atoms with Crippen LogP contribution in [0.4, 0.5) is 46.5 Å². The van der Waals surface area contributed by atoms with Gasteiger partial charge in [0.2, 0.25) is 0 Å². The van der Waals surface area contributed by atoms with Crippen LogP contribution in [0.15, 0.2) is 53.0 Å². The van der Waals surface area contributed by atoms with Crippen molar-refractivity contribution in [3.05, 3.63) is 86.4 Å². The summed E-state index contributed by atoms with van der Waals surface area (Å²) in [6.07, 6.45) is -6.24. The lowest BCUT2D eigenvalue weighted by atomic mass is 9.94. The Hall–Kier alpha value is -4.22. The highest BCUT2D eigenvalue weighted by molar-refractivity contribution is 9.10. The number of nitriles is 2. The molecule has 0 spiro atoms. The van der Waals surface area contributed by atoms with Crippen molar-refractivity contribution >= 4 is 55.0 Å². The van der Waals surface area contributed by atoms with Gasteiger partial charge >= 0.3 is 23.3 Å². The summed E-state index contributed by atoms with van der Waals surface area (Å²) in [4.78, 5) is 20.7. The molecular formula is C27H14Br2F8N4O3. The van der Waals surface area contributed by atoms with Crippen molar-refractivity contribution in [1.82, 2.24) is 0 Å². The molecule has 17 heteroatoms. The van der Waals surface area contributed by atoms with Crippen LogP contribution in [0, 0.1) is 29.6 Å². The number of carbonyl (C=O) groups excluding carboxylic acids is 2. The van der Waals surface area contributed by atoms with Gasteiger partial charge in [0.25, 0.3) is 11.8 Å². The highest BCUT2D eigenvalue weighted by atomic mass is 79.9. The van der Waals surface area contributed by atoms with Crippen LogP contribution in [-0.4, -0.2) is 29.4 Å². The Morgan fingerprint density at radius 1 is 0.909 bits per heavy atom. The molecule has 2 N–H and O–H groups in total. The first-order valence-electron chi connectivity index (χ1n) is 11.6. The lowest BCUT2D eigenvalue weighted by molar-refractivity contribution is -0.282. The molecule has 0 heterocycles. The van der Waals surface area contributed by atoms with E-state index >= 15 is 0 Å². The third kappa shape index (κ3) is 6.95. The summed E-state index contributed by atoms with van der Waals surface area (Å²) in [5.41, 5.74) is -7.85. The molecule has 0 bridgehead atoms. The molecule has 230 valence electrons. The van der Waals surface area contributed by atoms with Crippen LogP contribution in [-0.2, 0) is 5.67 Å². The molecule has 3 rings (SSSR count). The van der Waals surface area contributed by atoms with Crippen LogP contribution in [0.5, 0.6) is 5.75 Å². The second-order valence-electron chi connectivity index (χ2n) is 8.79. The van der Waals surface area contributed by atoms with Crippen molar-refractivity contribution in [1.29, 1.82) is 10.5 Å². The highest BCUT2D eigenvalue weighted by Crippen LogP contribution is 2.56. The van der Waals surface area contributed by atoms with Gasteiger partial charge in [-0.2, -0.15) is 41.3 Å². The minimum atomic E-state index is -6.24. The highest BCUT2D eigenvalue weighted by Gasteiger charge is 2.71. The minimum absolute atomic E-state index is 0.0699. The van der Waals surface area contributed by atoms with E-state index in [9.17, 15) is 50.0 Å². The summed E-state index contributed by atoms with van der Waals surface area (Å²) in [5.74, 6) is -3.19. The number of benzene rings is 3. The van der Waals surface area contributed by atoms with E-state index in [0.29, 0.717) is 5.56 Å². The number of aryl methyl sites for hydroxylation is 1. The summed E-state index contributed by atoms with van der Waals surface area (Å²) in [6, 6.07) is 11.2. The van der Waals surface area contributed by atoms with Crippen LogP contribution < -0.4 is 15.4 Å². The maximum absolute atomic E-state index is 15.0. The van der Waals surface area contributed by atoms with Crippen LogP contribution in [0.3, 0.4) is 0 Å². The van der Waals surface area contributed by atoms with Gasteiger partial charge in [-0.15, -0.1) is 0 Å². The summed E-state index contributed by atoms with van der Waals surface area (Å²) in [6.45, 7) is -2.20. The fraction of sp³-hybridized carbons (Fsp3) is 0.185. The van der Waals surface area contributed by atoms with Gasteiger partial charge in [-0.05, 0) is 92.9 Å². The first-order chi connectivity index (χ1) is 20.3. The largest absolute Gasteiger partial charge is 0.433 e. The van der Waals surface area contributed by atoms with E-state index < -0.39 is 56.6 Å². The Morgan fingerprint density at radius 3 is 2.09 bits per heavy atom. The van der Waals surface area contributed by atoms with Crippen LogP contribution >= 0.6 is 31.9 Å². The lowest BCUT2D eigenvalue weighted by Gasteiger charge is -2.32. The molecule has 0 aliphatic rings. The summed E-state index contributed by atoms with van der Waals surface area (Å²) < 4.78 is 113. The van der Waals surface area contributed by atoms with Gasteiger partial charge in [-0.1, -0.05) is 0 Å². The molecule has 1 atom stereocenters. The second kappa shape index (κ2) is 12.8. The van der Waals surface area contributed by atoms with Crippen molar-refractivity contribution in [3.8, 4) is 17.9 Å². The number of nitrogens with zero attached hydrogens (tertiary/aromatic N) is 2. The average Bonchev–Trinajstić information content (AvgIpc) is 2.92. The maximum Gasteiger partial charge on any atom is 0.433 e. The van der Waals surface area contributed by atoms with Gasteiger partial charge in [-0.25, -0.2) is 4.39 Å². The number of carbonyl (C=O) groups is 2. The monoisotopic (exact) mass is 752 g/mol. The Bertz CT molecular complexity index is 1700. The molecule has 3 aromatic carbocycles. The molecule has 7 nitrogen and oxygen atoms in total. The second-order valence-corrected chi connectivity index (χ2v) is 10.6. The fourth-order valence-electron chi connectivity index (χ4n) is 3.83. The normalized spacial score (nSPS) is 13.0. The van der Waals surface area contributed by atoms with E-state index in [4.69, 9.17) is 5.26 Å². The number of nitrogens with one attached hydrogen (secondary N) is 2. The number of ether oxygens (including phenoxy) is 1. The molecule has 0 fully saturated rings. The van der Waals surface area contributed by atoms with E-state index in [-0.39, 0.29) is 40.1 Å². The first kappa shape index (κ1) is 34.3. The van der Waals surface area contributed by atoms with E-state index in [0.717, 1.165) is 18.2 Å². The van der Waals surface area contributed by atoms with Crippen molar-refractivity contribution in [2.24, 2.45) is 0 Å². The first-order valence-corrected chi connectivity index (χ1v) is 13.2. The van der Waals surface area contributed by atoms with E-state index in [1.807, 2.05) is 6.07 Å². The number of halogens is 10. The standard InChI is InChI=1S/C27H14Br2F8N4O3/c1-12-6-13(10-38)2-5-17(12)23(43)40-19-7-14(3-4-15(19)11-39)22(42)41-21-18(28)8-16(9-20(21)44-24(30)31)25(32,26(29,33)34)27(35,36)37/h2-9,24H,1H3,(H,40,43)(H,41,42). The lowest BCUT2D eigenvalue weighted by Crippen LogP contribution is -2.49. The molecule has 0 aliphatic heterocycles. The van der Waals surface area contributed by atoms with E-state index in [2.05, 4.69) is 31.3 Å². The number of alkyl halides is 9. The quantitative estimate of drug-likeness (QED) is 0.177. The van der Waals surface area contributed by atoms with Crippen LogP contribution in [0.1, 0.15) is 43.0 Å². The van der Waals surface area contributed by atoms with Crippen molar-refractivity contribution in [3.63, 3.8) is 0 Å². The molecule has 1 unspecified atom stereocenters. The summed E-state index contributed by atoms with van der Waals surface area (Å²) >= 11 is 4.03. The predicted octanol–water partition coefficient (Wildman–Crippen LogP) is 8.32. The molecular weight excluding hydrogens is 740 g/mol. The Kier molecular flexibility index (Phi) is 9.96. The molecule has 3 aromatic rings. The molecule has 44 heavy (non-hydrogen) atoms. The molecule has 2 amide bonds. The molecule has 0 saturated heterocycles. The summed E-state index contributed by atoms with van der Waals surface area (Å²) in [5, 5.41) is 23.0. The Morgan fingerprint density at radius 2 is 1.57 bits per heavy atom. The summed E-state index contributed by atoms with van der Waals surface area (Å²) in [7, 11) is 0. The van der Waals surface area contributed by atoms with Crippen LogP contribution in [0.2, 0.25) is 0 Å². The van der Waals surface area contributed by atoms with Crippen LogP contribution in [0.25, 0.3) is 0 Å². The zero-order valence-electron chi connectivity index (χ0n) is 21.6. The molecule has 0 aromatic heterocycles. The predicted molar refractivity (Wildman–Crippen MR) is 146 cm³/mol. The van der Waals surface area contributed by atoms with E-state index in [1.54, 1.807) is 13.0 Å². The Labute approximate surface area is 259 Å². The van der Waals surface area contributed by atoms with Gasteiger partial charge in [0, 0.05) is 21.2 Å². The van der Waals surface area contributed by atoms with Crippen molar-refractivity contribution < 1.29 is 49.4 Å². The molecule has 0 radical (unpaired) electrons. The van der Waals surface area contributed by atoms with Gasteiger partial charge < -0.3 is 15.4 Å². The average molecular weight is 754 g/mol. The Balaban J connectivity index is 2.03.